The zero-order valence-corrected chi connectivity index (χ0v) is 9.33. The van der Waals surface area contributed by atoms with E-state index >= 15 is 0 Å². The SMILES string of the molecule is CC(C)(F)c1ccnn1CC1CCNC1. The summed E-state index contributed by atoms with van der Waals surface area (Å²) in [6.07, 6.45) is 2.84. The van der Waals surface area contributed by atoms with Gasteiger partial charge in [0.25, 0.3) is 0 Å². The number of alkyl halides is 1. The first-order valence-electron chi connectivity index (χ1n) is 5.49. The van der Waals surface area contributed by atoms with Crippen LogP contribution in [0, 0.1) is 5.92 Å². The molecule has 0 bridgehead atoms. The highest BCUT2D eigenvalue weighted by Gasteiger charge is 2.25. The third-order valence-corrected chi connectivity index (χ3v) is 2.92. The third kappa shape index (κ3) is 2.37. The molecule has 0 aliphatic carbocycles. The van der Waals surface area contributed by atoms with Gasteiger partial charge in [-0.1, -0.05) is 0 Å². The summed E-state index contributed by atoms with van der Waals surface area (Å²) in [6.45, 7) is 6.07. The number of halogens is 1. The van der Waals surface area contributed by atoms with Gasteiger partial charge in [0.1, 0.15) is 5.67 Å². The van der Waals surface area contributed by atoms with E-state index in [2.05, 4.69) is 10.4 Å². The van der Waals surface area contributed by atoms with Crippen LogP contribution in [0.4, 0.5) is 4.39 Å². The zero-order valence-electron chi connectivity index (χ0n) is 9.33. The molecule has 1 atom stereocenters. The molecule has 0 saturated carbocycles. The molecule has 2 rings (SSSR count). The maximum absolute atomic E-state index is 13.8. The molecule has 1 aliphatic heterocycles. The molecule has 1 N–H and O–H groups in total. The Bertz CT molecular complexity index is 321. The second-order valence-electron chi connectivity index (χ2n) is 4.73. The summed E-state index contributed by atoms with van der Waals surface area (Å²) in [6, 6.07) is 1.77. The van der Waals surface area contributed by atoms with Crippen LogP contribution >= 0.6 is 0 Å². The molecule has 4 heteroatoms. The topological polar surface area (TPSA) is 29.9 Å². The monoisotopic (exact) mass is 211 g/mol. The van der Waals surface area contributed by atoms with Crippen LogP contribution in [0.2, 0.25) is 0 Å². The number of aromatic nitrogens is 2. The number of nitrogens with one attached hydrogen (secondary N) is 1. The van der Waals surface area contributed by atoms with Crippen LogP contribution in [0.25, 0.3) is 0 Å². The molecule has 15 heavy (non-hydrogen) atoms. The van der Waals surface area contributed by atoms with E-state index in [1.807, 2.05) is 0 Å². The van der Waals surface area contributed by atoms with Gasteiger partial charge in [0.05, 0.1) is 5.69 Å². The van der Waals surface area contributed by atoms with Crippen LogP contribution < -0.4 is 5.32 Å². The Kier molecular flexibility index (Phi) is 2.78. The summed E-state index contributed by atoms with van der Waals surface area (Å²) in [7, 11) is 0. The average Bonchev–Trinajstić information content (AvgIpc) is 2.73. The lowest BCUT2D eigenvalue weighted by atomic mass is 10.1. The molecule has 0 aromatic carbocycles. The minimum Gasteiger partial charge on any atom is -0.316 e. The molecule has 1 saturated heterocycles. The van der Waals surface area contributed by atoms with Gasteiger partial charge >= 0.3 is 0 Å². The first kappa shape index (κ1) is 10.6. The second kappa shape index (κ2) is 3.93. The van der Waals surface area contributed by atoms with E-state index < -0.39 is 5.67 Å². The molecule has 1 fully saturated rings. The Morgan fingerprint density at radius 2 is 2.47 bits per heavy atom. The van der Waals surface area contributed by atoms with Crippen LogP contribution in [0.3, 0.4) is 0 Å². The Morgan fingerprint density at radius 1 is 1.67 bits per heavy atom. The lowest BCUT2D eigenvalue weighted by Gasteiger charge is -2.18. The summed E-state index contributed by atoms with van der Waals surface area (Å²) in [4.78, 5) is 0. The van der Waals surface area contributed by atoms with Crippen molar-refractivity contribution >= 4 is 0 Å². The van der Waals surface area contributed by atoms with Crippen LogP contribution in [-0.4, -0.2) is 22.9 Å². The van der Waals surface area contributed by atoms with Crippen molar-refractivity contribution in [2.24, 2.45) is 5.92 Å². The van der Waals surface area contributed by atoms with Crippen LogP contribution in [-0.2, 0) is 12.2 Å². The fourth-order valence-corrected chi connectivity index (χ4v) is 2.10. The first-order valence-corrected chi connectivity index (χ1v) is 5.49. The van der Waals surface area contributed by atoms with Crippen molar-refractivity contribution < 1.29 is 4.39 Å². The predicted molar refractivity (Wildman–Crippen MR) is 57.3 cm³/mol. The fourth-order valence-electron chi connectivity index (χ4n) is 2.10. The Morgan fingerprint density at radius 3 is 3.07 bits per heavy atom. The Labute approximate surface area is 89.7 Å². The van der Waals surface area contributed by atoms with E-state index in [9.17, 15) is 4.39 Å². The van der Waals surface area contributed by atoms with E-state index in [1.165, 1.54) is 0 Å². The number of hydrogen-bond donors (Lipinski definition) is 1. The molecule has 84 valence electrons. The third-order valence-electron chi connectivity index (χ3n) is 2.92. The van der Waals surface area contributed by atoms with E-state index in [0.717, 1.165) is 26.1 Å². The Hall–Kier alpha value is -0.900. The predicted octanol–water partition coefficient (Wildman–Crippen LogP) is 1.70. The highest BCUT2D eigenvalue weighted by Crippen LogP contribution is 2.25. The summed E-state index contributed by atoms with van der Waals surface area (Å²) in [5, 5.41) is 7.50. The maximum atomic E-state index is 13.8. The lowest BCUT2D eigenvalue weighted by molar-refractivity contribution is 0.200. The Balaban J connectivity index is 2.11. The van der Waals surface area contributed by atoms with E-state index in [4.69, 9.17) is 0 Å². The summed E-state index contributed by atoms with van der Waals surface area (Å²) in [5.74, 6) is 0.589. The molecule has 0 spiro atoms. The van der Waals surface area contributed by atoms with Gasteiger partial charge in [0, 0.05) is 12.7 Å². The molecule has 2 heterocycles. The van der Waals surface area contributed by atoms with Crippen molar-refractivity contribution in [3.63, 3.8) is 0 Å². The largest absolute Gasteiger partial charge is 0.316 e. The fraction of sp³-hybridized carbons (Fsp3) is 0.727. The minimum atomic E-state index is -1.30. The van der Waals surface area contributed by atoms with E-state index in [0.29, 0.717) is 11.6 Å². The van der Waals surface area contributed by atoms with Crippen molar-refractivity contribution in [1.29, 1.82) is 0 Å². The van der Waals surface area contributed by atoms with Gasteiger partial charge in [-0.3, -0.25) is 4.68 Å². The van der Waals surface area contributed by atoms with Gasteiger partial charge in [-0.2, -0.15) is 5.10 Å². The van der Waals surface area contributed by atoms with Crippen LogP contribution in [0.1, 0.15) is 26.0 Å². The molecular formula is C11H18FN3. The van der Waals surface area contributed by atoms with Crippen LogP contribution in [0.15, 0.2) is 12.3 Å². The van der Waals surface area contributed by atoms with E-state index in [1.54, 1.807) is 30.8 Å². The molecule has 0 radical (unpaired) electrons. The summed E-state index contributed by atoms with van der Waals surface area (Å²) in [5.41, 5.74) is -0.628. The maximum Gasteiger partial charge on any atom is 0.146 e. The van der Waals surface area contributed by atoms with Gasteiger partial charge in [-0.05, 0) is 45.3 Å². The van der Waals surface area contributed by atoms with Crippen molar-refractivity contribution in [3.05, 3.63) is 18.0 Å². The quantitative estimate of drug-likeness (QED) is 0.824. The highest BCUT2D eigenvalue weighted by atomic mass is 19.1. The summed E-state index contributed by atoms with van der Waals surface area (Å²) < 4.78 is 15.6. The zero-order chi connectivity index (χ0) is 10.9. The van der Waals surface area contributed by atoms with Crippen molar-refractivity contribution in [2.45, 2.75) is 32.5 Å². The van der Waals surface area contributed by atoms with Gasteiger partial charge in [-0.25, -0.2) is 4.39 Å². The average molecular weight is 211 g/mol. The van der Waals surface area contributed by atoms with Gasteiger partial charge in [0.2, 0.25) is 0 Å². The van der Waals surface area contributed by atoms with Crippen molar-refractivity contribution in [1.82, 2.24) is 15.1 Å². The van der Waals surface area contributed by atoms with Gasteiger partial charge in [0.15, 0.2) is 0 Å². The van der Waals surface area contributed by atoms with E-state index in [-0.39, 0.29) is 0 Å². The summed E-state index contributed by atoms with van der Waals surface area (Å²) >= 11 is 0. The minimum absolute atomic E-state index is 0.589. The molecule has 1 aliphatic rings. The molecule has 1 aromatic heterocycles. The van der Waals surface area contributed by atoms with Crippen molar-refractivity contribution in [2.75, 3.05) is 13.1 Å². The molecule has 1 unspecified atom stereocenters. The molecule has 3 nitrogen and oxygen atoms in total. The van der Waals surface area contributed by atoms with Crippen molar-refractivity contribution in [3.8, 4) is 0 Å². The highest BCUT2D eigenvalue weighted by molar-refractivity contribution is 5.09. The number of rotatable bonds is 3. The first-order chi connectivity index (χ1) is 7.07. The smallest absolute Gasteiger partial charge is 0.146 e. The second-order valence-corrected chi connectivity index (χ2v) is 4.73. The molecular weight excluding hydrogens is 193 g/mol. The molecule has 1 aromatic rings. The number of hydrogen-bond acceptors (Lipinski definition) is 2. The standard InChI is InChI=1S/C11H18FN3/c1-11(2,12)10-4-6-14-15(10)8-9-3-5-13-7-9/h4,6,9,13H,3,5,7-8H2,1-2H3. The number of nitrogens with zero attached hydrogens (tertiary/aromatic N) is 2. The normalized spacial score (nSPS) is 22.2. The molecule has 0 amide bonds. The lowest BCUT2D eigenvalue weighted by Crippen LogP contribution is -2.21. The van der Waals surface area contributed by atoms with Gasteiger partial charge < -0.3 is 5.32 Å². The van der Waals surface area contributed by atoms with Crippen LogP contribution in [0.5, 0.6) is 0 Å². The van der Waals surface area contributed by atoms with Gasteiger partial charge in [-0.15, -0.1) is 0 Å².